The quantitative estimate of drug-likeness (QED) is 0.710. The topological polar surface area (TPSA) is 21.3 Å². The molecule has 0 spiro atoms. The Morgan fingerprint density at radius 1 is 1.14 bits per heavy atom. The van der Waals surface area contributed by atoms with Crippen LogP contribution >= 0.6 is 0 Å². The first-order valence-electron chi connectivity index (χ1n) is 9.70. The predicted octanol–water partition coefficient (Wildman–Crippen LogP) is 4.53. The summed E-state index contributed by atoms with van der Waals surface area (Å²) in [5.74, 6) is 3.20. The van der Waals surface area contributed by atoms with Gasteiger partial charge in [0.1, 0.15) is 0 Å². The molecular weight excluding hydrogens is 258 g/mol. The van der Waals surface area contributed by atoms with Crippen LogP contribution in [-0.4, -0.2) is 25.3 Å². The highest BCUT2D eigenvalue weighted by atomic mass is 16.5. The molecule has 2 saturated carbocycles. The van der Waals surface area contributed by atoms with Crippen molar-refractivity contribution in [1.29, 1.82) is 0 Å². The maximum absolute atomic E-state index is 5.92. The molecule has 1 N–H and O–H groups in total. The minimum Gasteiger partial charge on any atom is -0.378 e. The predicted molar refractivity (Wildman–Crippen MR) is 88.5 cm³/mol. The van der Waals surface area contributed by atoms with E-state index < -0.39 is 0 Å². The standard InChI is InChI=1S/C19H35NO/c1-2-10-20-18(8-9-19-5-3-4-11-21-19)14-17-13-15-6-7-16(17)12-15/h15-20H,2-14H2,1H3. The molecule has 3 aliphatic rings. The molecule has 2 heteroatoms. The van der Waals surface area contributed by atoms with Crippen LogP contribution in [0.3, 0.4) is 0 Å². The number of ether oxygens (including phenoxy) is 1. The molecule has 2 nitrogen and oxygen atoms in total. The van der Waals surface area contributed by atoms with Crippen LogP contribution < -0.4 is 5.32 Å². The first-order chi connectivity index (χ1) is 10.3. The number of hydrogen-bond donors (Lipinski definition) is 1. The van der Waals surface area contributed by atoms with Crippen molar-refractivity contribution in [1.82, 2.24) is 5.32 Å². The molecule has 0 amide bonds. The second-order valence-electron chi connectivity index (χ2n) is 7.89. The number of hydrogen-bond acceptors (Lipinski definition) is 2. The summed E-state index contributed by atoms with van der Waals surface area (Å²) in [5, 5.41) is 3.84. The zero-order valence-electron chi connectivity index (χ0n) is 14.0. The average Bonchev–Trinajstić information content (AvgIpc) is 3.13. The fraction of sp³-hybridized carbons (Fsp3) is 1.00. The zero-order valence-corrected chi connectivity index (χ0v) is 14.0. The summed E-state index contributed by atoms with van der Waals surface area (Å²) < 4.78 is 5.92. The van der Waals surface area contributed by atoms with Gasteiger partial charge in [-0.2, -0.15) is 0 Å². The van der Waals surface area contributed by atoms with E-state index in [0.717, 1.165) is 30.4 Å². The van der Waals surface area contributed by atoms with Crippen molar-refractivity contribution in [2.45, 2.75) is 89.7 Å². The van der Waals surface area contributed by atoms with Crippen molar-refractivity contribution in [3.05, 3.63) is 0 Å². The van der Waals surface area contributed by atoms with Gasteiger partial charge in [0, 0.05) is 12.6 Å². The summed E-state index contributed by atoms with van der Waals surface area (Å²) >= 11 is 0. The van der Waals surface area contributed by atoms with Gasteiger partial charge in [0.15, 0.2) is 0 Å². The lowest BCUT2D eigenvalue weighted by atomic mass is 9.83. The Morgan fingerprint density at radius 2 is 2.10 bits per heavy atom. The third-order valence-electron chi connectivity index (χ3n) is 6.27. The van der Waals surface area contributed by atoms with Crippen molar-refractivity contribution < 1.29 is 4.74 Å². The van der Waals surface area contributed by atoms with E-state index in [4.69, 9.17) is 4.74 Å². The van der Waals surface area contributed by atoms with Crippen LogP contribution in [0, 0.1) is 17.8 Å². The summed E-state index contributed by atoms with van der Waals surface area (Å²) in [5.41, 5.74) is 0. The van der Waals surface area contributed by atoms with E-state index in [2.05, 4.69) is 12.2 Å². The Bertz CT molecular complexity index is 300. The lowest BCUT2D eigenvalue weighted by molar-refractivity contribution is 0.00801. The SMILES string of the molecule is CCCNC(CCC1CCCCO1)CC1CC2CCC1C2. The van der Waals surface area contributed by atoms with Crippen molar-refractivity contribution in [2.75, 3.05) is 13.2 Å². The first-order valence-corrected chi connectivity index (χ1v) is 9.70. The molecule has 0 aromatic rings. The van der Waals surface area contributed by atoms with Gasteiger partial charge in [-0.1, -0.05) is 13.3 Å². The second kappa shape index (κ2) is 7.97. The van der Waals surface area contributed by atoms with Gasteiger partial charge in [0.2, 0.25) is 0 Å². The van der Waals surface area contributed by atoms with Crippen molar-refractivity contribution in [2.24, 2.45) is 17.8 Å². The Kier molecular flexibility index (Phi) is 5.99. The Hall–Kier alpha value is -0.0800. The summed E-state index contributed by atoms with van der Waals surface area (Å²) in [6.45, 7) is 4.48. The van der Waals surface area contributed by atoms with Crippen molar-refractivity contribution in [3.63, 3.8) is 0 Å². The van der Waals surface area contributed by atoms with Crippen LogP contribution in [0.4, 0.5) is 0 Å². The van der Waals surface area contributed by atoms with Crippen LogP contribution in [0.2, 0.25) is 0 Å². The average molecular weight is 293 g/mol. The van der Waals surface area contributed by atoms with E-state index in [-0.39, 0.29) is 0 Å². The van der Waals surface area contributed by atoms with E-state index in [1.807, 2.05) is 0 Å². The molecular formula is C19H35NO. The summed E-state index contributed by atoms with van der Waals surface area (Å²) in [6, 6.07) is 0.750. The molecule has 0 aromatic carbocycles. The molecule has 0 aromatic heterocycles. The molecule has 21 heavy (non-hydrogen) atoms. The summed E-state index contributed by atoms with van der Waals surface area (Å²) in [7, 11) is 0. The van der Waals surface area contributed by atoms with Gasteiger partial charge in [-0.25, -0.2) is 0 Å². The molecule has 0 radical (unpaired) electrons. The number of rotatable bonds is 8. The van der Waals surface area contributed by atoms with Crippen molar-refractivity contribution in [3.8, 4) is 0 Å². The van der Waals surface area contributed by atoms with Crippen LogP contribution in [0.1, 0.15) is 77.6 Å². The Labute approximate surface area is 131 Å². The fourth-order valence-corrected chi connectivity index (χ4v) is 5.10. The van der Waals surface area contributed by atoms with Crippen molar-refractivity contribution >= 4 is 0 Å². The number of fused-ring (bicyclic) bond motifs is 2. The molecule has 3 rings (SSSR count). The minimum absolute atomic E-state index is 0.560. The Balaban J connectivity index is 1.43. The lowest BCUT2D eigenvalue weighted by Gasteiger charge is -2.29. The van der Waals surface area contributed by atoms with Gasteiger partial charge < -0.3 is 10.1 Å². The van der Waals surface area contributed by atoms with Gasteiger partial charge in [-0.05, 0) is 88.5 Å². The number of nitrogens with one attached hydrogen (secondary N) is 1. The summed E-state index contributed by atoms with van der Waals surface area (Å²) in [4.78, 5) is 0. The minimum atomic E-state index is 0.560. The van der Waals surface area contributed by atoms with Crippen LogP contribution in [0.5, 0.6) is 0 Å². The molecule has 122 valence electrons. The molecule has 2 aliphatic carbocycles. The van der Waals surface area contributed by atoms with E-state index in [9.17, 15) is 0 Å². The van der Waals surface area contributed by atoms with Gasteiger partial charge in [0.25, 0.3) is 0 Å². The van der Waals surface area contributed by atoms with Gasteiger partial charge >= 0.3 is 0 Å². The third kappa shape index (κ3) is 4.45. The molecule has 5 unspecified atom stereocenters. The van der Waals surface area contributed by atoms with E-state index in [1.54, 1.807) is 6.42 Å². The maximum Gasteiger partial charge on any atom is 0.0575 e. The zero-order chi connectivity index (χ0) is 14.5. The van der Waals surface area contributed by atoms with Gasteiger partial charge in [-0.3, -0.25) is 0 Å². The highest BCUT2D eigenvalue weighted by molar-refractivity contribution is 4.91. The monoisotopic (exact) mass is 293 g/mol. The van der Waals surface area contributed by atoms with Crippen LogP contribution in [0.25, 0.3) is 0 Å². The highest BCUT2D eigenvalue weighted by Gasteiger charge is 2.40. The first kappa shape index (κ1) is 15.8. The van der Waals surface area contributed by atoms with E-state index in [0.29, 0.717) is 6.10 Å². The maximum atomic E-state index is 5.92. The van der Waals surface area contributed by atoms with Gasteiger partial charge in [0.05, 0.1) is 6.10 Å². The Morgan fingerprint density at radius 3 is 2.76 bits per heavy atom. The fourth-order valence-electron chi connectivity index (χ4n) is 5.10. The lowest BCUT2D eigenvalue weighted by Crippen LogP contribution is -2.34. The molecule has 5 atom stereocenters. The third-order valence-corrected chi connectivity index (χ3v) is 6.27. The van der Waals surface area contributed by atoms with Crippen LogP contribution in [0.15, 0.2) is 0 Å². The normalized spacial score (nSPS) is 37.0. The smallest absolute Gasteiger partial charge is 0.0575 e. The van der Waals surface area contributed by atoms with Crippen LogP contribution in [-0.2, 0) is 4.74 Å². The molecule has 1 heterocycles. The molecule has 3 fully saturated rings. The largest absolute Gasteiger partial charge is 0.378 e. The highest BCUT2D eigenvalue weighted by Crippen LogP contribution is 2.50. The molecule has 1 aliphatic heterocycles. The summed E-state index contributed by atoms with van der Waals surface area (Å²) in [6.07, 6.45) is 16.0. The van der Waals surface area contributed by atoms with E-state index >= 15 is 0 Å². The second-order valence-corrected chi connectivity index (χ2v) is 7.89. The van der Waals surface area contributed by atoms with Gasteiger partial charge in [-0.15, -0.1) is 0 Å². The molecule has 1 saturated heterocycles. The van der Waals surface area contributed by atoms with E-state index in [1.165, 1.54) is 70.8 Å². The molecule has 2 bridgehead atoms.